The lowest BCUT2D eigenvalue weighted by Gasteiger charge is -2.20. The summed E-state index contributed by atoms with van der Waals surface area (Å²) in [7, 11) is 0. The summed E-state index contributed by atoms with van der Waals surface area (Å²) in [5, 5.41) is 10.5. The molecule has 0 radical (unpaired) electrons. The molecule has 5 rings (SSSR count). The van der Waals surface area contributed by atoms with Crippen molar-refractivity contribution in [3.63, 3.8) is 0 Å². The van der Waals surface area contributed by atoms with Gasteiger partial charge in [-0.3, -0.25) is 9.97 Å². The lowest BCUT2D eigenvalue weighted by molar-refractivity contribution is 0.0316. The molecule has 0 bridgehead atoms. The molecule has 3 aliphatic rings. The second-order valence-electron chi connectivity index (χ2n) is 9.48. The molecule has 0 aliphatic heterocycles. The van der Waals surface area contributed by atoms with Gasteiger partial charge >= 0.3 is 0 Å². The topological polar surface area (TPSA) is 69.0 Å². The van der Waals surface area contributed by atoms with Crippen LogP contribution in [0.1, 0.15) is 72.4 Å². The smallest absolute Gasteiger partial charge is 0.126 e. The number of rotatable bonds is 6. The molecule has 0 unspecified atom stereocenters. The van der Waals surface area contributed by atoms with Gasteiger partial charge in [0.1, 0.15) is 24.6 Å². The number of pyridine rings is 2. The minimum Gasteiger partial charge on any atom is -0.395 e. The quantitative estimate of drug-likeness (QED) is 0.469. The highest BCUT2D eigenvalue weighted by Gasteiger charge is 2.45. The Bertz CT molecular complexity index is 1060. The Balaban J connectivity index is 1.22. The van der Waals surface area contributed by atoms with Crippen LogP contribution >= 0.6 is 23.2 Å². The van der Waals surface area contributed by atoms with Crippen molar-refractivity contribution in [1.82, 2.24) is 9.97 Å². The van der Waals surface area contributed by atoms with Gasteiger partial charge in [0.15, 0.2) is 0 Å². The van der Waals surface area contributed by atoms with Crippen LogP contribution in [0.5, 0.6) is 0 Å². The van der Waals surface area contributed by atoms with Crippen LogP contribution in [0.15, 0.2) is 22.4 Å². The number of aromatic nitrogens is 2. The fourth-order valence-electron chi connectivity index (χ4n) is 4.55. The van der Waals surface area contributed by atoms with E-state index in [1.165, 1.54) is 0 Å². The maximum absolute atomic E-state index is 6.42. The highest BCUT2D eigenvalue weighted by Crippen LogP contribution is 2.46. The van der Waals surface area contributed by atoms with Crippen molar-refractivity contribution in [3.05, 3.63) is 56.1 Å². The van der Waals surface area contributed by atoms with Crippen LogP contribution in [-0.2, 0) is 22.5 Å². The first-order valence-electron chi connectivity index (χ1n) is 11.6. The van der Waals surface area contributed by atoms with E-state index in [1.54, 1.807) is 0 Å². The molecule has 0 N–H and O–H groups in total. The Morgan fingerprint density at radius 2 is 1.24 bits per heavy atom. The molecular weight excluding hydrogens is 459 g/mol. The Hall–Kier alpha value is -2.18. The second kappa shape index (κ2) is 9.22. The molecule has 0 amide bonds. The molecule has 33 heavy (non-hydrogen) atoms. The van der Waals surface area contributed by atoms with Crippen LogP contribution in [0.25, 0.3) is 0 Å². The normalized spacial score (nSPS) is 21.0. The van der Waals surface area contributed by atoms with Crippen molar-refractivity contribution in [2.45, 2.75) is 65.2 Å². The molecule has 8 heteroatoms. The van der Waals surface area contributed by atoms with Gasteiger partial charge in [0, 0.05) is 26.8 Å². The first kappa shape index (κ1) is 22.6. The van der Waals surface area contributed by atoms with E-state index in [-0.39, 0.29) is 5.41 Å². The van der Waals surface area contributed by atoms with Crippen LogP contribution in [0, 0.1) is 19.3 Å². The predicted octanol–water partition coefficient (Wildman–Crippen LogP) is 5.99. The van der Waals surface area contributed by atoms with Crippen LogP contribution < -0.4 is 0 Å². The van der Waals surface area contributed by atoms with Gasteiger partial charge in [0.05, 0.1) is 11.4 Å². The van der Waals surface area contributed by atoms with Gasteiger partial charge in [0.25, 0.3) is 0 Å². The van der Waals surface area contributed by atoms with Gasteiger partial charge in [-0.25, -0.2) is 0 Å². The van der Waals surface area contributed by atoms with Gasteiger partial charge in [-0.2, -0.15) is 0 Å². The van der Waals surface area contributed by atoms with Gasteiger partial charge in [-0.15, -0.1) is 0 Å². The standard InChI is InChI=1S/C25H28Cl2N4O2/c1-15-11-19(26)17-5-3-7-21(23(17)28-15)30-32-13-25(9-10-25)14-33-31-22-8-4-6-18-20(27)12-16(2)29-24(18)22/h11-12H,3-10,13-14H2,1-2H3. The van der Waals surface area contributed by atoms with Gasteiger partial charge < -0.3 is 9.68 Å². The fraction of sp³-hybridized carbons (Fsp3) is 0.520. The van der Waals surface area contributed by atoms with Crippen LogP contribution in [0.4, 0.5) is 0 Å². The number of nitrogens with zero attached hydrogens (tertiary/aromatic N) is 4. The monoisotopic (exact) mass is 486 g/mol. The van der Waals surface area contributed by atoms with E-state index >= 15 is 0 Å². The molecule has 0 saturated heterocycles. The third-order valence-electron chi connectivity index (χ3n) is 6.67. The molecule has 0 aromatic carbocycles. The summed E-state index contributed by atoms with van der Waals surface area (Å²) in [6, 6.07) is 3.83. The highest BCUT2D eigenvalue weighted by atomic mass is 35.5. The Morgan fingerprint density at radius 3 is 1.67 bits per heavy atom. The minimum atomic E-state index is -0.0293. The molecule has 0 spiro atoms. The van der Waals surface area contributed by atoms with Crippen molar-refractivity contribution < 1.29 is 9.68 Å². The first-order chi connectivity index (χ1) is 15.9. The molecule has 174 valence electrons. The van der Waals surface area contributed by atoms with E-state index in [9.17, 15) is 0 Å². The van der Waals surface area contributed by atoms with Gasteiger partial charge in [-0.1, -0.05) is 33.5 Å². The van der Waals surface area contributed by atoms with E-state index in [0.29, 0.717) is 13.2 Å². The summed E-state index contributed by atoms with van der Waals surface area (Å²) in [6.45, 7) is 4.92. The molecule has 0 atom stereocenters. The molecule has 1 fully saturated rings. The van der Waals surface area contributed by atoms with E-state index in [4.69, 9.17) is 32.9 Å². The summed E-state index contributed by atoms with van der Waals surface area (Å²) in [5.41, 5.74) is 7.46. The maximum Gasteiger partial charge on any atom is 0.126 e. The molecule has 2 aromatic heterocycles. The van der Waals surface area contributed by atoms with Crippen molar-refractivity contribution >= 4 is 34.6 Å². The van der Waals surface area contributed by atoms with Crippen molar-refractivity contribution in [3.8, 4) is 0 Å². The lowest BCUT2D eigenvalue weighted by atomic mass is 9.94. The predicted molar refractivity (Wildman–Crippen MR) is 130 cm³/mol. The first-order valence-corrected chi connectivity index (χ1v) is 12.4. The lowest BCUT2D eigenvalue weighted by Crippen LogP contribution is -2.20. The summed E-state index contributed by atoms with van der Waals surface area (Å²) in [5.74, 6) is 0. The second-order valence-corrected chi connectivity index (χ2v) is 10.3. The van der Waals surface area contributed by atoms with Crippen LogP contribution in [-0.4, -0.2) is 34.6 Å². The SMILES string of the molecule is Cc1cc(Cl)c2c(n1)C(=NOCC1(CON=C3CCCc4c(Cl)cc(C)nc43)CC1)CCC2. The number of oxime groups is 2. The summed E-state index contributed by atoms with van der Waals surface area (Å²) in [4.78, 5) is 21.0. The van der Waals surface area contributed by atoms with E-state index in [1.807, 2.05) is 26.0 Å². The molecule has 6 nitrogen and oxygen atoms in total. The fourth-order valence-corrected chi connectivity index (χ4v) is 5.24. The van der Waals surface area contributed by atoms with Crippen molar-refractivity contribution in [2.75, 3.05) is 13.2 Å². The Kier molecular flexibility index (Phi) is 6.32. The summed E-state index contributed by atoms with van der Waals surface area (Å²) < 4.78 is 0. The van der Waals surface area contributed by atoms with Crippen LogP contribution in [0.2, 0.25) is 10.0 Å². The van der Waals surface area contributed by atoms with E-state index in [2.05, 4.69) is 20.3 Å². The van der Waals surface area contributed by atoms with E-state index < -0.39 is 0 Å². The highest BCUT2D eigenvalue weighted by molar-refractivity contribution is 6.32. The number of hydrogen-bond donors (Lipinski definition) is 0. The molecular formula is C25H28Cl2N4O2. The van der Waals surface area contributed by atoms with Crippen LogP contribution in [0.3, 0.4) is 0 Å². The number of hydrogen-bond acceptors (Lipinski definition) is 6. The number of fused-ring (bicyclic) bond motifs is 2. The zero-order valence-electron chi connectivity index (χ0n) is 19.1. The molecule has 1 saturated carbocycles. The summed E-state index contributed by atoms with van der Waals surface area (Å²) >= 11 is 12.8. The Morgan fingerprint density at radius 1 is 0.788 bits per heavy atom. The van der Waals surface area contributed by atoms with Crippen molar-refractivity contribution in [2.24, 2.45) is 15.7 Å². The number of aryl methyl sites for hydroxylation is 2. The average molecular weight is 487 g/mol. The van der Waals surface area contributed by atoms with Gasteiger partial charge in [-0.05, 0) is 88.5 Å². The summed E-state index contributed by atoms with van der Waals surface area (Å²) in [6.07, 6.45) is 7.67. The van der Waals surface area contributed by atoms with E-state index in [0.717, 1.165) is 107 Å². The largest absolute Gasteiger partial charge is 0.395 e. The molecule has 2 heterocycles. The third-order valence-corrected chi connectivity index (χ3v) is 7.35. The zero-order valence-corrected chi connectivity index (χ0v) is 20.6. The minimum absolute atomic E-state index is 0.0293. The van der Waals surface area contributed by atoms with Gasteiger partial charge in [0.2, 0.25) is 0 Å². The zero-order chi connectivity index (χ0) is 23.0. The third kappa shape index (κ3) is 4.87. The number of halogens is 2. The molecule has 3 aliphatic carbocycles. The Labute approximate surface area is 204 Å². The average Bonchev–Trinajstić information content (AvgIpc) is 3.54. The molecule has 2 aromatic rings. The van der Waals surface area contributed by atoms with Crippen molar-refractivity contribution in [1.29, 1.82) is 0 Å². The maximum atomic E-state index is 6.42.